The molecule has 0 radical (unpaired) electrons. The minimum absolute atomic E-state index is 0.0966. The Morgan fingerprint density at radius 3 is 2.59 bits per heavy atom. The standard InChI is InChI=1S/C33H39N3O3/c1-3-12-27-18-20-30(31(25-27)38-2)39-24-10-9-23-36-29-16-8-7-15-28(29)35-32(36)17-11-22-34-33(37)21-19-26-13-5-4-6-14-26/h3-8,13-16,18,20,25H,1,9-12,17,19,21-24H2,2H3,(H,34,37). The zero-order chi connectivity index (χ0) is 27.3. The first kappa shape index (κ1) is 28.0. The van der Waals surface area contributed by atoms with E-state index in [-0.39, 0.29) is 5.91 Å². The van der Waals surface area contributed by atoms with Gasteiger partial charge in [-0.15, -0.1) is 6.58 Å². The number of carbonyl (C=O) groups is 1. The lowest BCUT2D eigenvalue weighted by molar-refractivity contribution is -0.121. The Morgan fingerprint density at radius 2 is 1.77 bits per heavy atom. The zero-order valence-electron chi connectivity index (χ0n) is 22.9. The summed E-state index contributed by atoms with van der Waals surface area (Å²) in [5, 5.41) is 3.06. The summed E-state index contributed by atoms with van der Waals surface area (Å²) < 4.78 is 13.9. The summed E-state index contributed by atoms with van der Waals surface area (Å²) >= 11 is 0. The summed E-state index contributed by atoms with van der Waals surface area (Å²) in [4.78, 5) is 17.2. The van der Waals surface area contributed by atoms with Crippen molar-refractivity contribution in [1.82, 2.24) is 14.9 Å². The molecule has 0 saturated heterocycles. The summed E-state index contributed by atoms with van der Waals surface area (Å²) in [6.07, 6.45) is 7.52. The second-order valence-electron chi connectivity index (χ2n) is 9.64. The lowest BCUT2D eigenvalue weighted by Gasteiger charge is -2.13. The molecule has 6 nitrogen and oxygen atoms in total. The van der Waals surface area contributed by atoms with Gasteiger partial charge >= 0.3 is 0 Å². The van der Waals surface area contributed by atoms with E-state index in [1.165, 1.54) is 5.56 Å². The smallest absolute Gasteiger partial charge is 0.220 e. The monoisotopic (exact) mass is 525 g/mol. The molecule has 0 aliphatic heterocycles. The topological polar surface area (TPSA) is 65.4 Å². The van der Waals surface area contributed by atoms with E-state index in [4.69, 9.17) is 14.5 Å². The van der Waals surface area contributed by atoms with Crippen molar-refractivity contribution in [2.24, 2.45) is 0 Å². The highest BCUT2D eigenvalue weighted by molar-refractivity contribution is 5.76. The molecule has 6 heteroatoms. The van der Waals surface area contributed by atoms with E-state index in [0.29, 0.717) is 19.6 Å². The first-order chi connectivity index (χ1) is 19.2. The number of fused-ring (bicyclic) bond motifs is 1. The number of amides is 1. The van der Waals surface area contributed by atoms with Crippen molar-refractivity contribution in [1.29, 1.82) is 0 Å². The van der Waals surface area contributed by atoms with Crippen molar-refractivity contribution < 1.29 is 14.3 Å². The Kier molecular flexibility index (Phi) is 10.6. The molecular weight excluding hydrogens is 486 g/mol. The third-order valence-electron chi connectivity index (χ3n) is 6.76. The molecule has 0 bridgehead atoms. The van der Waals surface area contributed by atoms with Crippen LogP contribution in [0.4, 0.5) is 0 Å². The van der Waals surface area contributed by atoms with Gasteiger partial charge in [-0.2, -0.15) is 0 Å². The normalized spacial score (nSPS) is 10.9. The predicted molar refractivity (Wildman–Crippen MR) is 157 cm³/mol. The van der Waals surface area contributed by atoms with E-state index in [2.05, 4.69) is 52.9 Å². The summed E-state index contributed by atoms with van der Waals surface area (Å²) in [6, 6.07) is 24.4. The molecule has 39 heavy (non-hydrogen) atoms. The van der Waals surface area contributed by atoms with E-state index in [1.54, 1.807) is 7.11 Å². The first-order valence-corrected chi connectivity index (χ1v) is 13.8. The quantitative estimate of drug-likeness (QED) is 0.137. The highest BCUT2D eigenvalue weighted by atomic mass is 16.5. The molecule has 0 atom stereocenters. The summed E-state index contributed by atoms with van der Waals surface area (Å²) in [5.74, 6) is 2.68. The summed E-state index contributed by atoms with van der Waals surface area (Å²) in [7, 11) is 1.67. The number of methoxy groups -OCH3 is 1. The number of hydrogen-bond acceptors (Lipinski definition) is 4. The Bertz CT molecular complexity index is 1350. The van der Waals surface area contributed by atoms with Crippen molar-refractivity contribution >= 4 is 16.9 Å². The molecule has 1 amide bonds. The number of hydrogen-bond donors (Lipinski definition) is 1. The predicted octanol–water partition coefficient (Wildman–Crippen LogP) is 6.31. The largest absolute Gasteiger partial charge is 0.493 e. The SMILES string of the molecule is C=CCc1ccc(OCCCCn2c(CCCNC(=O)CCc3ccccc3)nc3ccccc32)c(OC)c1. The zero-order valence-corrected chi connectivity index (χ0v) is 22.9. The van der Waals surface area contributed by atoms with Crippen molar-refractivity contribution in [2.75, 3.05) is 20.3 Å². The molecular formula is C33H39N3O3. The second kappa shape index (κ2) is 14.8. The fraction of sp³-hybridized carbons (Fsp3) is 0.333. The third kappa shape index (κ3) is 8.21. The van der Waals surface area contributed by atoms with Gasteiger partial charge in [0.1, 0.15) is 5.82 Å². The first-order valence-electron chi connectivity index (χ1n) is 13.8. The number of nitrogens with zero attached hydrogens (tertiary/aromatic N) is 2. The molecule has 204 valence electrons. The van der Waals surface area contributed by atoms with Gasteiger partial charge in [-0.05, 0) is 67.5 Å². The molecule has 4 rings (SSSR count). The number of benzene rings is 3. The maximum Gasteiger partial charge on any atom is 0.220 e. The van der Waals surface area contributed by atoms with Crippen molar-refractivity contribution in [2.45, 2.75) is 51.5 Å². The number of imidazole rings is 1. The maximum absolute atomic E-state index is 12.3. The molecule has 1 heterocycles. The average molecular weight is 526 g/mol. The lowest BCUT2D eigenvalue weighted by Crippen LogP contribution is -2.25. The molecule has 3 aromatic carbocycles. The number of allylic oxidation sites excluding steroid dienone is 1. The molecule has 0 unspecified atom stereocenters. The molecule has 0 aliphatic rings. The van der Waals surface area contributed by atoms with Crippen LogP contribution in [0.3, 0.4) is 0 Å². The molecule has 0 saturated carbocycles. The summed E-state index contributed by atoms with van der Waals surface area (Å²) in [5.41, 5.74) is 4.51. The van der Waals surface area contributed by atoms with E-state index < -0.39 is 0 Å². The van der Waals surface area contributed by atoms with Gasteiger partial charge in [0.2, 0.25) is 5.91 Å². The number of para-hydroxylation sites is 2. The van der Waals surface area contributed by atoms with Crippen molar-refractivity contribution in [3.8, 4) is 11.5 Å². The van der Waals surface area contributed by atoms with Crippen LogP contribution in [0.25, 0.3) is 11.0 Å². The van der Waals surface area contributed by atoms with E-state index >= 15 is 0 Å². The van der Waals surface area contributed by atoms with Crippen LogP contribution in [-0.2, 0) is 30.6 Å². The van der Waals surface area contributed by atoms with E-state index in [1.807, 2.05) is 42.5 Å². The Balaban J connectivity index is 1.24. The van der Waals surface area contributed by atoms with Crippen molar-refractivity contribution in [3.05, 3.63) is 102 Å². The minimum Gasteiger partial charge on any atom is -0.493 e. The van der Waals surface area contributed by atoms with Crippen LogP contribution in [-0.4, -0.2) is 35.7 Å². The van der Waals surface area contributed by atoms with Crippen LogP contribution in [0, 0.1) is 0 Å². The molecule has 1 aromatic heterocycles. The molecule has 0 spiro atoms. The number of aryl methyl sites for hydroxylation is 3. The molecule has 1 N–H and O–H groups in total. The number of aromatic nitrogens is 2. The maximum atomic E-state index is 12.3. The highest BCUT2D eigenvalue weighted by Gasteiger charge is 2.11. The molecule has 4 aromatic rings. The van der Waals surface area contributed by atoms with E-state index in [9.17, 15) is 4.79 Å². The third-order valence-corrected chi connectivity index (χ3v) is 6.76. The van der Waals surface area contributed by atoms with Crippen LogP contribution in [0.2, 0.25) is 0 Å². The number of rotatable bonds is 16. The lowest BCUT2D eigenvalue weighted by atomic mass is 10.1. The van der Waals surface area contributed by atoms with Gasteiger partial charge in [-0.25, -0.2) is 4.98 Å². The van der Waals surface area contributed by atoms with Gasteiger partial charge in [-0.1, -0.05) is 54.6 Å². The summed E-state index contributed by atoms with van der Waals surface area (Å²) in [6.45, 7) is 5.94. The van der Waals surface area contributed by atoms with Crippen molar-refractivity contribution in [3.63, 3.8) is 0 Å². The number of ether oxygens (including phenoxy) is 2. The highest BCUT2D eigenvalue weighted by Crippen LogP contribution is 2.28. The average Bonchev–Trinajstić information content (AvgIpc) is 3.32. The van der Waals surface area contributed by atoms with Gasteiger partial charge in [0.05, 0.1) is 24.8 Å². The number of nitrogens with one attached hydrogen (secondary N) is 1. The van der Waals surface area contributed by atoms with Gasteiger partial charge < -0.3 is 19.4 Å². The van der Waals surface area contributed by atoms with Crippen LogP contribution < -0.4 is 14.8 Å². The molecule has 0 aliphatic carbocycles. The Labute approximate surface area is 231 Å². The number of carbonyl (C=O) groups excluding carboxylic acids is 1. The van der Waals surface area contributed by atoms with Crippen LogP contribution in [0.5, 0.6) is 11.5 Å². The second-order valence-corrected chi connectivity index (χ2v) is 9.64. The van der Waals surface area contributed by atoms with Crippen LogP contribution >= 0.6 is 0 Å². The van der Waals surface area contributed by atoms with E-state index in [0.717, 1.165) is 79.0 Å². The minimum atomic E-state index is 0.0966. The van der Waals surface area contributed by atoms with Gasteiger partial charge in [0.25, 0.3) is 0 Å². The van der Waals surface area contributed by atoms with Crippen LogP contribution in [0.15, 0.2) is 85.5 Å². The Morgan fingerprint density at radius 1 is 0.949 bits per heavy atom. The van der Waals surface area contributed by atoms with Gasteiger partial charge in [0, 0.05) is 25.9 Å². The van der Waals surface area contributed by atoms with Crippen LogP contribution in [0.1, 0.15) is 42.6 Å². The fourth-order valence-electron chi connectivity index (χ4n) is 4.71. The van der Waals surface area contributed by atoms with Gasteiger partial charge in [-0.3, -0.25) is 4.79 Å². The fourth-order valence-corrected chi connectivity index (χ4v) is 4.71. The number of unbranched alkanes of at least 4 members (excludes halogenated alkanes) is 1. The Hall–Kier alpha value is -4.06. The van der Waals surface area contributed by atoms with Gasteiger partial charge in [0.15, 0.2) is 11.5 Å². The molecule has 0 fully saturated rings.